The van der Waals surface area contributed by atoms with Crippen LogP contribution in [0.4, 0.5) is 18.9 Å². The van der Waals surface area contributed by atoms with Gasteiger partial charge in [0.05, 0.1) is 16.1 Å². The number of hydrogen-bond acceptors (Lipinski definition) is 4. The summed E-state index contributed by atoms with van der Waals surface area (Å²) < 4.78 is 69.4. The number of alkyl halides is 3. The van der Waals surface area contributed by atoms with Crippen molar-refractivity contribution in [3.63, 3.8) is 0 Å². The van der Waals surface area contributed by atoms with E-state index in [1.165, 1.54) is 30.0 Å². The predicted molar refractivity (Wildman–Crippen MR) is 164 cm³/mol. The predicted octanol–water partition coefficient (Wildman–Crippen LogP) is 6.73. The molecule has 0 heterocycles. The van der Waals surface area contributed by atoms with Crippen molar-refractivity contribution in [3.8, 4) is 0 Å². The summed E-state index contributed by atoms with van der Waals surface area (Å²) in [5.41, 5.74) is -0.119. The van der Waals surface area contributed by atoms with E-state index in [4.69, 9.17) is 11.6 Å². The molecule has 1 aliphatic carbocycles. The van der Waals surface area contributed by atoms with E-state index in [0.717, 1.165) is 49.8 Å². The lowest BCUT2D eigenvalue weighted by Crippen LogP contribution is -2.53. The Morgan fingerprint density at radius 1 is 0.977 bits per heavy atom. The van der Waals surface area contributed by atoms with Crippen LogP contribution < -0.4 is 9.62 Å². The molecule has 2 amide bonds. The second kappa shape index (κ2) is 14.0. The van der Waals surface area contributed by atoms with Gasteiger partial charge < -0.3 is 10.2 Å². The van der Waals surface area contributed by atoms with Crippen LogP contribution in [0.3, 0.4) is 0 Å². The van der Waals surface area contributed by atoms with Gasteiger partial charge in [0.15, 0.2) is 0 Å². The number of nitrogens with one attached hydrogen (secondary N) is 1. The highest BCUT2D eigenvalue weighted by atomic mass is 35.5. The number of nitrogens with zero attached hydrogens (tertiary/aromatic N) is 2. The Labute approximate surface area is 261 Å². The van der Waals surface area contributed by atoms with Crippen LogP contribution in [-0.4, -0.2) is 43.8 Å². The molecule has 4 rings (SSSR count). The molecule has 3 aromatic carbocycles. The zero-order valence-corrected chi connectivity index (χ0v) is 26.1. The molecule has 0 unspecified atom stereocenters. The summed E-state index contributed by atoms with van der Waals surface area (Å²) >= 11 is 6.39. The van der Waals surface area contributed by atoms with Gasteiger partial charge in [0.2, 0.25) is 11.8 Å². The molecule has 0 saturated heterocycles. The van der Waals surface area contributed by atoms with E-state index in [2.05, 4.69) is 5.32 Å². The van der Waals surface area contributed by atoms with E-state index in [1.54, 1.807) is 43.3 Å². The molecule has 0 bridgehead atoms. The van der Waals surface area contributed by atoms with Crippen LogP contribution in [0.5, 0.6) is 0 Å². The molecule has 1 aliphatic rings. The Bertz CT molecular complexity index is 1580. The topological polar surface area (TPSA) is 86.8 Å². The van der Waals surface area contributed by atoms with Crippen LogP contribution in [0.25, 0.3) is 0 Å². The molecule has 44 heavy (non-hydrogen) atoms. The lowest BCUT2D eigenvalue weighted by Gasteiger charge is -2.33. The molecule has 1 saturated carbocycles. The molecular weight excluding hydrogens is 615 g/mol. The van der Waals surface area contributed by atoms with Crippen molar-refractivity contribution in [1.29, 1.82) is 0 Å². The monoisotopic (exact) mass is 649 g/mol. The molecule has 1 atom stereocenters. The van der Waals surface area contributed by atoms with Crippen molar-refractivity contribution in [2.75, 3.05) is 10.8 Å². The zero-order valence-electron chi connectivity index (χ0n) is 24.5. The van der Waals surface area contributed by atoms with Crippen LogP contribution in [0.15, 0.2) is 77.7 Å². The van der Waals surface area contributed by atoms with Crippen LogP contribution in [-0.2, 0) is 32.3 Å². The number of aryl methyl sites for hydroxylation is 1. The van der Waals surface area contributed by atoms with Gasteiger partial charge in [0, 0.05) is 17.6 Å². The third kappa shape index (κ3) is 8.12. The van der Waals surface area contributed by atoms with Gasteiger partial charge in [0.1, 0.15) is 12.6 Å². The van der Waals surface area contributed by atoms with Crippen molar-refractivity contribution in [2.24, 2.45) is 0 Å². The molecular formula is C32H35ClF3N3O4S. The first-order chi connectivity index (χ1) is 20.8. The number of halogens is 4. The molecule has 0 radical (unpaired) electrons. The number of sulfonamides is 1. The molecule has 0 aromatic heterocycles. The van der Waals surface area contributed by atoms with Gasteiger partial charge >= 0.3 is 6.18 Å². The summed E-state index contributed by atoms with van der Waals surface area (Å²) in [6, 6.07) is 15.2. The number of benzene rings is 3. The summed E-state index contributed by atoms with van der Waals surface area (Å²) in [4.78, 5) is 28.5. The number of carbonyl (C=O) groups excluding carboxylic acids is 2. The van der Waals surface area contributed by atoms with E-state index in [9.17, 15) is 31.2 Å². The third-order valence-corrected chi connectivity index (χ3v) is 9.92. The Hall–Kier alpha value is -3.57. The molecule has 3 aromatic rings. The number of anilines is 1. The van der Waals surface area contributed by atoms with Crippen LogP contribution in [0.2, 0.25) is 5.02 Å². The largest absolute Gasteiger partial charge is 0.416 e. The highest BCUT2D eigenvalue weighted by Gasteiger charge is 2.35. The van der Waals surface area contributed by atoms with Crippen molar-refractivity contribution >= 4 is 39.1 Å². The fourth-order valence-electron chi connectivity index (χ4n) is 5.17. The smallest absolute Gasteiger partial charge is 0.352 e. The quantitative estimate of drug-likeness (QED) is 0.264. The summed E-state index contributed by atoms with van der Waals surface area (Å²) in [5, 5.41) is 3.34. The molecule has 7 nitrogen and oxygen atoms in total. The van der Waals surface area contributed by atoms with Gasteiger partial charge in [-0.25, -0.2) is 8.42 Å². The number of rotatable bonds is 10. The summed E-state index contributed by atoms with van der Waals surface area (Å²) in [5.74, 6) is -1.20. The van der Waals surface area contributed by atoms with E-state index in [-0.39, 0.29) is 23.2 Å². The lowest BCUT2D eigenvalue weighted by atomic mass is 9.95. The maximum Gasteiger partial charge on any atom is 0.416 e. The average molecular weight is 650 g/mol. The zero-order chi connectivity index (χ0) is 32.1. The van der Waals surface area contributed by atoms with Crippen LogP contribution in [0.1, 0.15) is 55.7 Å². The van der Waals surface area contributed by atoms with E-state index in [1.807, 2.05) is 0 Å². The SMILES string of the molecule is Cc1ccc(S(=O)(=O)N(CC(=O)N(Cc2ccccc2Cl)[C@@H](C)C(=O)NC2CCCCC2)c2cccc(C(F)(F)F)c2)cc1. The van der Waals surface area contributed by atoms with Gasteiger partial charge in [-0.3, -0.25) is 13.9 Å². The minimum Gasteiger partial charge on any atom is -0.352 e. The summed E-state index contributed by atoms with van der Waals surface area (Å²) in [6.45, 7) is 2.31. The summed E-state index contributed by atoms with van der Waals surface area (Å²) in [6.07, 6.45) is -0.0834. The maximum atomic E-state index is 14.1. The highest BCUT2D eigenvalue weighted by molar-refractivity contribution is 7.92. The van der Waals surface area contributed by atoms with E-state index >= 15 is 0 Å². The Balaban J connectivity index is 1.73. The first-order valence-electron chi connectivity index (χ1n) is 14.4. The first-order valence-corrected chi connectivity index (χ1v) is 16.2. The second-order valence-corrected chi connectivity index (χ2v) is 13.3. The van der Waals surface area contributed by atoms with Gasteiger partial charge in [-0.15, -0.1) is 0 Å². The van der Waals surface area contributed by atoms with Gasteiger partial charge in [0.25, 0.3) is 10.0 Å². The third-order valence-electron chi connectivity index (χ3n) is 7.77. The fourth-order valence-corrected chi connectivity index (χ4v) is 6.77. The van der Waals surface area contributed by atoms with Gasteiger partial charge in [-0.1, -0.05) is 72.8 Å². The molecule has 1 N–H and O–H groups in total. The van der Waals surface area contributed by atoms with Crippen molar-refractivity contribution in [1.82, 2.24) is 10.2 Å². The van der Waals surface area contributed by atoms with Crippen molar-refractivity contribution in [3.05, 3.63) is 94.5 Å². The number of hydrogen-bond donors (Lipinski definition) is 1. The Morgan fingerprint density at radius 3 is 2.27 bits per heavy atom. The van der Waals surface area contributed by atoms with Crippen LogP contribution in [0, 0.1) is 6.92 Å². The normalized spacial score (nSPS) is 15.0. The number of amides is 2. The molecule has 236 valence electrons. The summed E-state index contributed by atoms with van der Waals surface area (Å²) in [7, 11) is -4.52. The molecule has 0 aliphatic heterocycles. The lowest BCUT2D eigenvalue weighted by molar-refractivity contribution is -0.139. The molecule has 1 fully saturated rings. The Kier molecular flexibility index (Phi) is 10.6. The first kappa shape index (κ1) is 33.3. The minimum atomic E-state index is -4.75. The Morgan fingerprint density at radius 2 is 1.64 bits per heavy atom. The second-order valence-electron chi connectivity index (χ2n) is 11.0. The van der Waals surface area contributed by atoms with Crippen molar-refractivity contribution in [2.45, 2.75) is 75.7 Å². The van der Waals surface area contributed by atoms with E-state index in [0.29, 0.717) is 21.0 Å². The average Bonchev–Trinajstić information content (AvgIpc) is 2.99. The maximum absolute atomic E-state index is 14.1. The van der Waals surface area contributed by atoms with Gasteiger partial charge in [-0.05, 0) is 68.7 Å². The fraction of sp³-hybridized carbons (Fsp3) is 0.375. The standard InChI is InChI=1S/C32H35ClF3N3O4S/c1-22-15-17-28(18-16-22)44(42,43)39(27-13-8-10-25(19-27)32(34,35)36)21-30(40)38(20-24-9-6-7-14-29(24)33)23(2)31(41)37-26-11-4-3-5-12-26/h6-10,13-19,23,26H,3-5,11-12,20-21H2,1-2H3,(H,37,41)/t23-/m0/s1. The molecule has 12 heteroatoms. The minimum absolute atomic E-state index is 0.0421. The number of carbonyl (C=O) groups is 2. The van der Waals surface area contributed by atoms with Gasteiger partial charge in [-0.2, -0.15) is 13.2 Å². The highest BCUT2D eigenvalue weighted by Crippen LogP contribution is 2.33. The van der Waals surface area contributed by atoms with Crippen molar-refractivity contribution < 1.29 is 31.2 Å². The molecule has 0 spiro atoms. The van der Waals surface area contributed by atoms with E-state index < -0.39 is 46.2 Å². The van der Waals surface area contributed by atoms with Crippen LogP contribution >= 0.6 is 11.6 Å².